The van der Waals surface area contributed by atoms with E-state index in [-0.39, 0.29) is 0 Å². The van der Waals surface area contributed by atoms with Crippen LogP contribution in [-0.4, -0.2) is 17.3 Å². The summed E-state index contributed by atoms with van der Waals surface area (Å²) in [6, 6.07) is 0. The summed E-state index contributed by atoms with van der Waals surface area (Å²) in [5.74, 6) is -3.77. The third-order valence-corrected chi connectivity index (χ3v) is 2.15. The van der Waals surface area contributed by atoms with Gasteiger partial charge in [0.05, 0.1) is 12.3 Å². The molecule has 2 atom stereocenters. The van der Waals surface area contributed by atoms with Crippen LogP contribution in [0.5, 0.6) is 0 Å². The minimum absolute atomic E-state index is 0.331. The zero-order valence-corrected chi connectivity index (χ0v) is 7.56. The molecule has 0 rings (SSSR count). The highest BCUT2D eigenvalue weighted by atomic mass is 19.4. The highest BCUT2D eigenvalue weighted by Gasteiger charge is 2.43. The Morgan fingerprint density at radius 2 is 1.92 bits per heavy atom. The van der Waals surface area contributed by atoms with E-state index in [1.807, 2.05) is 0 Å². The lowest BCUT2D eigenvalue weighted by Crippen LogP contribution is -2.30. The summed E-state index contributed by atoms with van der Waals surface area (Å²) in [5, 5.41) is 8.29. The Balaban J connectivity index is 4.46. The van der Waals surface area contributed by atoms with Crippen LogP contribution in [-0.2, 0) is 4.79 Å². The molecule has 0 radical (unpaired) electrons. The Morgan fingerprint density at radius 3 is 2.15 bits per heavy atom. The van der Waals surface area contributed by atoms with E-state index in [0.717, 1.165) is 0 Å². The van der Waals surface area contributed by atoms with Gasteiger partial charge >= 0.3 is 12.1 Å². The van der Waals surface area contributed by atoms with Gasteiger partial charge in [-0.1, -0.05) is 20.3 Å². The molecule has 0 heterocycles. The Labute approximate surface area is 74.7 Å². The first kappa shape index (κ1) is 12.3. The van der Waals surface area contributed by atoms with Crippen LogP contribution in [0.1, 0.15) is 26.7 Å². The summed E-state index contributed by atoms with van der Waals surface area (Å²) >= 11 is 0. The van der Waals surface area contributed by atoms with Gasteiger partial charge in [0.2, 0.25) is 0 Å². The molecular weight excluding hydrogens is 185 g/mol. The number of carbonyl (C=O) groups is 1. The molecule has 0 saturated carbocycles. The molecular formula is C8H13F3O2. The summed E-state index contributed by atoms with van der Waals surface area (Å²) in [5.41, 5.74) is 0. The number of hydrogen-bond acceptors (Lipinski definition) is 1. The van der Waals surface area contributed by atoms with Crippen molar-refractivity contribution in [3.63, 3.8) is 0 Å². The Kier molecular flexibility index (Phi) is 4.23. The molecule has 0 aromatic carbocycles. The van der Waals surface area contributed by atoms with E-state index in [1.54, 1.807) is 6.92 Å². The van der Waals surface area contributed by atoms with Crippen LogP contribution in [0.15, 0.2) is 0 Å². The van der Waals surface area contributed by atoms with Crippen LogP contribution < -0.4 is 0 Å². The van der Waals surface area contributed by atoms with Crippen molar-refractivity contribution in [3.05, 3.63) is 0 Å². The molecule has 0 amide bonds. The molecule has 0 saturated heterocycles. The topological polar surface area (TPSA) is 37.3 Å². The smallest absolute Gasteiger partial charge is 0.392 e. The lowest BCUT2D eigenvalue weighted by molar-refractivity contribution is -0.194. The van der Waals surface area contributed by atoms with Gasteiger partial charge in [-0.2, -0.15) is 13.2 Å². The van der Waals surface area contributed by atoms with Crippen LogP contribution in [0, 0.1) is 11.8 Å². The molecule has 2 unspecified atom stereocenters. The van der Waals surface area contributed by atoms with Crippen LogP contribution in [0.3, 0.4) is 0 Å². The predicted octanol–water partition coefficient (Wildman–Crippen LogP) is 2.69. The average molecular weight is 198 g/mol. The van der Waals surface area contributed by atoms with Crippen molar-refractivity contribution < 1.29 is 23.1 Å². The quantitative estimate of drug-likeness (QED) is 0.754. The number of hydrogen-bond donors (Lipinski definition) is 1. The number of alkyl halides is 3. The van der Waals surface area contributed by atoms with E-state index in [1.165, 1.54) is 6.92 Å². The van der Waals surface area contributed by atoms with Crippen molar-refractivity contribution >= 4 is 5.97 Å². The second-order valence-corrected chi connectivity index (χ2v) is 3.13. The van der Waals surface area contributed by atoms with Gasteiger partial charge in [-0.25, -0.2) is 0 Å². The molecule has 0 spiro atoms. The van der Waals surface area contributed by atoms with Gasteiger partial charge in [0.15, 0.2) is 0 Å². The van der Waals surface area contributed by atoms with E-state index >= 15 is 0 Å². The van der Waals surface area contributed by atoms with Crippen molar-refractivity contribution in [1.29, 1.82) is 0 Å². The minimum Gasteiger partial charge on any atom is -0.481 e. The van der Waals surface area contributed by atoms with Gasteiger partial charge < -0.3 is 5.11 Å². The molecule has 5 heteroatoms. The summed E-state index contributed by atoms with van der Waals surface area (Å²) in [7, 11) is 0. The fourth-order valence-electron chi connectivity index (χ4n) is 1.11. The summed E-state index contributed by atoms with van der Waals surface area (Å²) in [6.45, 7) is 3.03. The molecule has 0 fully saturated rings. The molecule has 0 aromatic rings. The fraction of sp³-hybridized carbons (Fsp3) is 0.875. The molecule has 0 bridgehead atoms. The molecule has 0 aliphatic heterocycles. The summed E-state index contributed by atoms with van der Waals surface area (Å²) in [6.07, 6.45) is -4.91. The Bertz CT molecular complexity index is 177. The first-order chi connectivity index (χ1) is 5.79. The maximum Gasteiger partial charge on any atom is 0.392 e. The van der Waals surface area contributed by atoms with Gasteiger partial charge in [-0.15, -0.1) is 0 Å². The molecule has 0 aliphatic carbocycles. The molecule has 0 aromatic heterocycles. The van der Waals surface area contributed by atoms with E-state index in [9.17, 15) is 18.0 Å². The van der Waals surface area contributed by atoms with Crippen molar-refractivity contribution in [1.82, 2.24) is 0 Å². The summed E-state index contributed by atoms with van der Waals surface area (Å²) in [4.78, 5) is 10.2. The first-order valence-electron chi connectivity index (χ1n) is 4.07. The molecule has 0 aliphatic rings. The maximum absolute atomic E-state index is 12.3. The Morgan fingerprint density at radius 1 is 1.46 bits per heavy atom. The number of carboxylic acids is 1. The monoisotopic (exact) mass is 198 g/mol. The lowest BCUT2D eigenvalue weighted by atomic mass is 9.88. The second kappa shape index (κ2) is 4.48. The highest BCUT2D eigenvalue weighted by molar-refractivity contribution is 5.67. The van der Waals surface area contributed by atoms with Crippen LogP contribution >= 0.6 is 0 Å². The van der Waals surface area contributed by atoms with Crippen molar-refractivity contribution in [2.24, 2.45) is 11.8 Å². The fourth-order valence-corrected chi connectivity index (χ4v) is 1.11. The molecule has 2 nitrogen and oxygen atoms in total. The number of aliphatic carboxylic acids is 1. The second-order valence-electron chi connectivity index (χ2n) is 3.13. The molecule has 1 N–H and O–H groups in total. The highest BCUT2D eigenvalue weighted by Crippen LogP contribution is 2.35. The van der Waals surface area contributed by atoms with Crippen molar-refractivity contribution in [2.45, 2.75) is 32.9 Å². The zero-order chi connectivity index (χ0) is 10.6. The number of halogens is 3. The average Bonchev–Trinajstić information content (AvgIpc) is 1.96. The van der Waals surface area contributed by atoms with Crippen LogP contribution in [0.25, 0.3) is 0 Å². The normalized spacial score (nSPS) is 16.7. The third kappa shape index (κ3) is 4.15. The maximum atomic E-state index is 12.3. The van der Waals surface area contributed by atoms with Crippen LogP contribution in [0.4, 0.5) is 13.2 Å². The predicted molar refractivity (Wildman–Crippen MR) is 41.3 cm³/mol. The van der Waals surface area contributed by atoms with Gasteiger partial charge in [-0.05, 0) is 5.92 Å². The molecule has 13 heavy (non-hydrogen) atoms. The SMILES string of the molecule is CCC(C)C(CC(=O)O)C(F)(F)F. The first-order valence-corrected chi connectivity index (χ1v) is 4.07. The standard InChI is InChI=1S/C8H13F3O2/c1-3-5(2)6(4-7(12)13)8(9,10)11/h5-6H,3-4H2,1-2H3,(H,12,13). The van der Waals surface area contributed by atoms with Crippen LogP contribution in [0.2, 0.25) is 0 Å². The summed E-state index contributed by atoms with van der Waals surface area (Å²) < 4.78 is 36.8. The molecule has 78 valence electrons. The zero-order valence-electron chi connectivity index (χ0n) is 7.56. The largest absolute Gasteiger partial charge is 0.481 e. The van der Waals surface area contributed by atoms with Crippen molar-refractivity contribution in [3.8, 4) is 0 Å². The van der Waals surface area contributed by atoms with Gasteiger partial charge in [0, 0.05) is 0 Å². The lowest BCUT2D eigenvalue weighted by Gasteiger charge is -2.23. The number of carboxylic acid groups (broad SMARTS) is 1. The minimum atomic E-state index is -4.41. The van der Waals surface area contributed by atoms with Gasteiger partial charge in [0.25, 0.3) is 0 Å². The third-order valence-electron chi connectivity index (χ3n) is 2.15. The van der Waals surface area contributed by atoms with E-state index in [0.29, 0.717) is 6.42 Å². The van der Waals surface area contributed by atoms with Gasteiger partial charge in [-0.3, -0.25) is 4.79 Å². The number of rotatable bonds is 4. The van der Waals surface area contributed by atoms with E-state index in [4.69, 9.17) is 5.11 Å². The van der Waals surface area contributed by atoms with E-state index < -0.39 is 30.4 Å². The Hall–Kier alpha value is -0.740. The van der Waals surface area contributed by atoms with E-state index in [2.05, 4.69) is 0 Å². The van der Waals surface area contributed by atoms with Crippen molar-refractivity contribution in [2.75, 3.05) is 0 Å². The van der Waals surface area contributed by atoms with Gasteiger partial charge in [0.1, 0.15) is 0 Å².